The summed E-state index contributed by atoms with van der Waals surface area (Å²) in [5.74, 6) is 1.01. The summed E-state index contributed by atoms with van der Waals surface area (Å²) in [7, 11) is 0. The first-order chi connectivity index (χ1) is 14.3. The quantitative estimate of drug-likeness (QED) is 0.590. The average molecular weight is 427 g/mol. The summed E-state index contributed by atoms with van der Waals surface area (Å²) in [6.45, 7) is 10.4. The zero-order valence-corrected chi connectivity index (χ0v) is 19.6. The van der Waals surface area contributed by atoms with E-state index >= 15 is 0 Å². The Morgan fingerprint density at radius 2 is 1.47 bits per heavy atom. The lowest BCUT2D eigenvalue weighted by atomic mass is 10.1. The first-order valence-electron chi connectivity index (χ1n) is 10.6. The highest BCUT2D eigenvalue weighted by molar-refractivity contribution is 7.99. The summed E-state index contributed by atoms with van der Waals surface area (Å²) < 4.78 is 0. The SMILES string of the molecule is CC[C@@H](C)NC(=O)[C@H](C)N(Cc1ccc(C)cc1)C(=O)CSCc1ccc(C)cc1. The molecule has 0 aliphatic carbocycles. The lowest BCUT2D eigenvalue weighted by Gasteiger charge is -2.29. The third-order valence-electron chi connectivity index (χ3n) is 5.26. The maximum absolute atomic E-state index is 13.1. The molecule has 0 fully saturated rings. The zero-order chi connectivity index (χ0) is 22.1. The topological polar surface area (TPSA) is 49.4 Å². The van der Waals surface area contributed by atoms with Crippen molar-refractivity contribution in [1.29, 1.82) is 0 Å². The number of thioether (sulfide) groups is 1. The molecule has 2 atom stereocenters. The minimum absolute atomic E-state index is 0.0144. The van der Waals surface area contributed by atoms with Gasteiger partial charge in [0.05, 0.1) is 5.75 Å². The van der Waals surface area contributed by atoms with Crippen LogP contribution >= 0.6 is 11.8 Å². The van der Waals surface area contributed by atoms with Crippen LogP contribution in [-0.4, -0.2) is 34.6 Å². The van der Waals surface area contributed by atoms with Gasteiger partial charge in [0.1, 0.15) is 6.04 Å². The fourth-order valence-electron chi connectivity index (χ4n) is 2.96. The molecule has 162 valence electrons. The molecule has 4 nitrogen and oxygen atoms in total. The van der Waals surface area contributed by atoms with Gasteiger partial charge in [-0.25, -0.2) is 0 Å². The number of amides is 2. The van der Waals surface area contributed by atoms with Gasteiger partial charge in [-0.1, -0.05) is 66.6 Å². The largest absolute Gasteiger partial charge is 0.352 e. The van der Waals surface area contributed by atoms with Crippen LogP contribution in [0.3, 0.4) is 0 Å². The van der Waals surface area contributed by atoms with Crippen LogP contribution in [0, 0.1) is 13.8 Å². The Hall–Kier alpha value is -2.27. The van der Waals surface area contributed by atoms with E-state index in [0.717, 1.165) is 17.7 Å². The molecule has 0 aromatic heterocycles. The molecular formula is C25H34N2O2S. The van der Waals surface area contributed by atoms with Crippen molar-refractivity contribution < 1.29 is 9.59 Å². The Bertz CT molecular complexity index is 818. The van der Waals surface area contributed by atoms with Crippen LogP contribution in [0.15, 0.2) is 48.5 Å². The molecule has 0 heterocycles. The van der Waals surface area contributed by atoms with Crippen molar-refractivity contribution in [3.63, 3.8) is 0 Å². The number of hydrogen-bond donors (Lipinski definition) is 1. The number of hydrogen-bond acceptors (Lipinski definition) is 3. The first-order valence-corrected chi connectivity index (χ1v) is 11.7. The minimum Gasteiger partial charge on any atom is -0.352 e. The fourth-order valence-corrected chi connectivity index (χ4v) is 3.83. The van der Waals surface area contributed by atoms with Crippen LogP contribution in [0.25, 0.3) is 0 Å². The van der Waals surface area contributed by atoms with Gasteiger partial charge >= 0.3 is 0 Å². The normalized spacial score (nSPS) is 12.8. The number of nitrogens with zero attached hydrogens (tertiary/aromatic N) is 1. The lowest BCUT2D eigenvalue weighted by Crippen LogP contribution is -2.50. The molecule has 0 aliphatic rings. The molecule has 2 rings (SSSR count). The van der Waals surface area contributed by atoms with Gasteiger partial charge < -0.3 is 10.2 Å². The van der Waals surface area contributed by atoms with E-state index in [1.165, 1.54) is 16.7 Å². The van der Waals surface area contributed by atoms with Gasteiger partial charge in [-0.05, 0) is 45.2 Å². The van der Waals surface area contributed by atoms with E-state index in [1.54, 1.807) is 16.7 Å². The number of nitrogens with one attached hydrogen (secondary N) is 1. The van der Waals surface area contributed by atoms with E-state index in [-0.39, 0.29) is 17.9 Å². The standard InChI is InChI=1S/C25H34N2O2S/c1-6-20(4)26-25(29)21(5)27(15-22-11-7-18(2)8-12-22)24(28)17-30-16-23-13-9-19(3)10-14-23/h7-14,20-21H,6,15-17H2,1-5H3,(H,26,29)/t20-,21+/m1/s1. The first kappa shape index (κ1) is 24.0. The molecule has 0 unspecified atom stereocenters. The van der Waals surface area contributed by atoms with Gasteiger partial charge in [0.25, 0.3) is 0 Å². The van der Waals surface area contributed by atoms with Crippen LogP contribution in [0.4, 0.5) is 0 Å². The Balaban J connectivity index is 2.06. The molecule has 5 heteroatoms. The van der Waals surface area contributed by atoms with Crippen molar-refractivity contribution in [3.8, 4) is 0 Å². The Morgan fingerprint density at radius 1 is 0.933 bits per heavy atom. The smallest absolute Gasteiger partial charge is 0.242 e. The van der Waals surface area contributed by atoms with Crippen molar-refractivity contribution in [2.75, 3.05) is 5.75 Å². The lowest BCUT2D eigenvalue weighted by molar-refractivity contribution is -0.138. The molecule has 0 radical (unpaired) electrons. The van der Waals surface area contributed by atoms with E-state index in [2.05, 4.69) is 36.5 Å². The van der Waals surface area contributed by atoms with Crippen molar-refractivity contribution in [1.82, 2.24) is 10.2 Å². The van der Waals surface area contributed by atoms with Crippen molar-refractivity contribution in [2.24, 2.45) is 0 Å². The highest BCUT2D eigenvalue weighted by Crippen LogP contribution is 2.17. The summed E-state index contributed by atoms with van der Waals surface area (Å²) in [4.78, 5) is 27.5. The predicted octanol–water partition coefficient (Wildman–Crippen LogP) is 4.87. The third kappa shape index (κ3) is 7.52. The molecule has 2 aromatic carbocycles. The molecule has 1 N–H and O–H groups in total. The highest BCUT2D eigenvalue weighted by Gasteiger charge is 2.26. The van der Waals surface area contributed by atoms with E-state index in [0.29, 0.717) is 12.3 Å². The second-order valence-electron chi connectivity index (χ2n) is 7.98. The van der Waals surface area contributed by atoms with E-state index < -0.39 is 6.04 Å². The second kappa shape index (κ2) is 11.8. The average Bonchev–Trinajstić information content (AvgIpc) is 2.74. The van der Waals surface area contributed by atoms with E-state index in [1.807, 2.05) is 52.0 Å². The van der Waals surface area contributed by atoms with Gasteiger partial charge in [-0.2, -0.15) is 0 Å². The molecule has 0 spiro atoms. The Morgan fingerprint density at radius 3 is 2.00 bits per heavy atom. The van der Waals surface area contributed by atoms with Crippen molar-refractivity contribution in [3.05, 3.63) is 70.8 Å². The second-order valence-corrected chi connectivity index (χ2v) is 8.97. The molecular weight excluding hydrogens is 392 g/mol. The number of rotatable bonds is 10. The molecule has 0 aliphatic heterocycles. The maximum atomic E-state index is 13.1. The van der Waals surface area contributed by atoms with Gasteiger partial charge in [-0.3, -0.25) is 9.59 Å². The van der Waals surface area contributed by atoms with Gasteiger partial charge in [0.15, 0.2) is 0 Å². The van der Waals surface area contributed by atoms with Crippen LogP contribution in [0.2, 0.25) is 0 Å². The van der Waals surface area contributed by atoms with Crippen LogP contribution in [0.1, 0.15) is 49.4 Å². The number of carbonyl (C=O) groups excluding carboxylic acids is 2. The Kier molecular flexibility index (Phi) is 9.44. The van der Waals surface area contributed by atoms with Crippen LogP contribution in [0.5, 0.6) is 0 Å². The van der Waals surface area contributed by atoms with E-state index in [4.69, 9.17) is 0 Å². The molecule has 0 saturated carbocycles. The molecule has 0 bridgehead atoms. The highest BCUT2D eigenvalue weighted by atomic mass is 32.2. The van der Waals surface area contributed by atoms with Crippen molar-refractivity contribution >= 4 is 23.6 Å². The van der Waals surface area contributed by atoms with Gasteiger partial charge in [-0.15, -0.1) is 11.8 Å². The summed E-state index contributed by atoms with van der Waals surface area (Å²) in [5, 5.41) is 3.01. The van der Waals surface area contributed by atoms with Crippen molar-refractivity contribution in [2.45, 2.75) is 65.4 Å². The number of carbonyl (C=O) groups is 2. The minimum atomic E-state index is -0.521. The van der Waals surface area contributed by atoms with Crippen LogP contribution < -0.4 is 5.32 Å². The molecule has 0 saturated heterocycles. The van der Waals surface area contributed by atoms with Gasteiger partial charge in [0.2, 0.25) is 11.8 Å². The molecule has 30 heavy (non-hydrogen) atoms. The maximum Gasteiger partial charge on any atom is 0.242 e. The summed E-state index contributed by atoms with van der Waals surface area (Å²) >= 11 is 1.59. The summed E-state index contributed by atoms with van der Waals surface area (Å²) in [6, 6.07) is 16.0. The summed E-state index contributed by atoms with van der Waals surface area (Å²) in [6.07, 6.45) is 0.858. The Labute approximate surface area is 185 Å². The van der Waals surface area contributed by atoms with E-state index in [9.17, 15) is 9.59 Å². The third-order valence-corrected chi connectivity index (χ3v) is 6.25. The predicted molar refractivity (Wildman–Crippen MR) is 126 cm³/mol. The van der Waals surface area contributed by atoms with Crippen LogP contribution in [-0.2, 0) is 21.9 Å². The molecule has 2 aromatic rings. The summed E-state index contributed by atoms with van der Waals surface area (Å²) in [5.41, 5.74) is 4.63. The fraction of sp³-hybridized carbons (Fsp3) is 0.440. The number of benzene rings is 2. The zero-order valence-electron chi connectivity index (χ0n) is 18.8. The van der Waals surface area contributed by atoms with Gasteiger partial charge in [0, 0.05) is 18.3 Å². The number of aryl methyl sites for hydroxylation is 2. The monoisotopic (exact) mass is 426 g/mol. The molecule has 2 amide bonds.